The van der Waals surface area contributed by atoms with Crippen molar-refractivity contribution in [2.75, 3.05) is 31.6 Å². The molecule has 0 saturated carbocycles. The van der Waals surface area contributed by atoms with Crippen LogP contribution in [0, 0.1) is 6.92 Å². The maximum atomic E-state index is 13.1. The van der Waals surface area contributed by atoms with Crippen molar-refractivity contribution >= 4 is 17.5 Å². The van der Waals surface area contributed by atoms with E-state index in [1.165, 1.54) is 5.56 Å². The van der Waals surface area contributed by atoms with Crippen molar-refractivity contribution in [3.05, 3.63) is 65.0 Å². The zero-order chi connectivity index (χ0) is 22.8. The van der Waals surface area contributed by atoms with Crippen LogP contribution in [0.4, 0.5) is 11.6 Å². The number of ether oxygens (including phenoxy) is 2. The number of aromatic nitrogens is 3. The van der Waals surface area contributed by atoms with Gasteiger partial charge in [0.25, 0.3) is 0 Å². The van der Waals surface area contributed by atoms with Crippen molar-refractivity contribution in [2.45, 2.75) is 32.3 Å². The summed E-state index contributed by atoms with van der Waals surface area (Å²) >= 11 is 0. The van der Waals surface area contributed by atoms with Crippen LogP contribution < -0.4 is 10.1 Å². The average Bonchev–Trinajstić information content (AvgIpc) is 3.15. The third kappa shape index (κ3) is 4.85. The fraction of sp³-hybridized carbons (Fsp3) is 0.400. The van der Waals surface area contributed by atoms with Crippen LogP contribution in [0.2, 0.25) is 0 Å². The largest absolute Gasteiger partial charge is 0.493 e. The maximum Gasteiger partial charge on any atom is 0.227 e. The molecule has 1 amide bonds. The lowest BCUT2D eigenvalue weighted by molar-refractivity contribution is -0.138. The quantitative estimate of drug-likeness (QED) is 0.646. The van der Waals surface area contributed by atoms with Gasteiger partial charge in [-0.05, 0) is 49.1 Å². The molecular formula is C25H29N5O3. The number of fused-ring (bicyclic) bond motifs is 1. The number of nitrogens with zero attached hydrogens (tertiary/aromatic N) is 4. The smallest absolute Gasteiger partial charge is 0.227 e. The molecule has 1 saturated heterocycles. The van der Waals surface area contributed by atoms with Gasteiger partial charge in [-0.3, -0.25) is 9.48 Å². The van der Waals surface area contributed by atoms with Crippen LogP contribution in [-0.2, 0) is 29.4 Å². The van der Waals surface area contributed by atoms with Crippen molar-refractivity contribution < 1.29 is 14.3 Å². The van der Waals surface area contributed by atoms with Crippen molar-refractivity contribution in [3.8, 4) is 5.75 Å². The Bertz CT molecular complexity index is 1140. The highest BCUT2D eigenvalue weighted by atomic mass is 16.5. The number of nitrogens with one attached hydrogen (secondary N) is 1. The molecule has 1 fully saturated rings. The van der Waals surface area contributed by atoms with E-state index < -0.39 is 0 Å². The normalized spacial score (nSPS) is 17.9. The summed E-state index contributed by atoms with van der Waals surface area (Å²) in [4.78, 5) is 19.7. The number of morpholine rings is 1. The second-order valence-electron chi connectivity index (χ2n) is 8.64. The molecule has 0 spiro atoms. The lowest BCUT2D eigenvalue weighted by Gasteiger charge is -2.33. The maximum absolute atomic E-state index is 13.1. The van der Waals surface area contributed by atoms with E-state index in [0.29, 0.717) is 31.9 Å². The summed E-state index contributed by atoms with van der Waals surface area (Å²) in [5.74, 6) is 2.51. The van der Waals surface area contributed by atoms with Crippen LogP contribution in [0.5, 0.6) is 5.75 Å². The Hall–Kier alpha value is -3.39. The van der Waals surface area contributed by atoms with Crippen molar-refractivity contribution in [1.29, 1.82) is 0 Å². The molecule has 1 N–H and O–H groups in total. The third-order valence-corrected chi connectivity index (χ3v) is 6.22. The topological polar surface area (TPSA) is 81.5 Å². The molecule has 172 valence electrons. The Morgan fingerprint density at radius 3 is 2.94 bits per heavy atom. The molecule has 4 heterocycles. The molecule has 1 aromatic carbocycles. The highest BCUT2D eigenvalue weighted by Crippen LogP contribution is 2.27. The van der Waals surface area contributed by atoms with Crippen LogP contribution in [0.15, 0.2) is 42.5 Å². The first-order valence-corrected chi connectivity index (χ1v) is 11.4. The minimum atomic E-state index is -0.258. The van der Waals surface area contributed by atoms with Crippen LogP contribution in [0.25, 0.3) is 0 Å². The van der Waals surface area contributed by atoms with Crippen LogP contribution in [0.1, 0.15) is 35.0 Å². The summed E-state index contributed by atoms with van der Waals surface area (Å²) in [6, 6.07) is 13.9. The van der Waals surface area contributed by atoms with Gasteiger partial charge in [-0.2, -0.15) is 5.10 Å². The number of hydrogen-bond acceptors (Lipinski definition) is 6. The summed E-state index contributed by atoms with van der Waals surface area (Å²) in [6.45, 7) is 4.35. The second-order valence-corrected chi connectivity index (χ2v) is 8.64. The zero-order valence-corrected chi connectivity index (χ0v) is 19.1. The third-order valence-electron chi connectivity index (χ3n) is 6.22. The summed E-state index contributed by atoms with van der Waals surface area (Å²) in [5, 5.41) is 7.67. The van der Waals surface area contributed by atoms with Gasteiger partial charge in [0, 0.05) is 25.4 Å². The van der Waals surface area contributed by atoms with Crippen molar-refractivity contribution in [3.63, 3.8) is 0 Å². The molecule has 1 atom stereocenters. The summed E-state index contributed by atoms with van der Waals surface area (Å²) in [7, 11) is 1.91. The molecule has 2 aliphatic heterocycles. The number of rotatable bonds is 5. The van der Waals surface area contributed by atoms with Gasteiger partial charge in [0.1, 0.15) is 17.7 Å². The lowest BCUT2D eigenvalue weighted by Crippen LogP contribution is -2.43. The van der Waals surface area contributed by atoms with Gasteiger partial charge in [0.2, 0.25) is 5.91 Å². The fourth-order valence-corrected chi connectivity index (χ4v) is 4.32. The number of hydrogen-bond donors (Lipinski definition) is 1. The van der Waals surface area contributed by atoms with E-state index >= 15 is 0 Å². The Kier molecular flexibility index (Phi) is 6.00. The highest BCUT2D eigenvalue weighted by molar-refractivity contribution is 5.79. The number of carbonyl (C=O) groups excluding carboxylic acids is 1. The molecule has 0 bridgehead atoms. The number of carbonyl (C=O) groups is 1. The van der Waals surface area contributed by atoms with Gasteiger partial charge < -0.3 is 19.7 Å². The molecule has 8 heteroatoms. The molecule has 0 radical (unpaired) electrons. The Balaban J connectivity index is 1.24. The monoisotopic (exact) mass is 447 g/mol. The van der Waals surface area contributed by atoms with Crippen LogP contribution in [0.3, 0.4) is 0 Å². The van der Waals surface area contributed by atoms with Gasteiger partial charge in [-0.25, -0.2) is 4.98 Å². The first-order valence-electron chi connectivity index (χ1n) is 11.4. The van der Waals surface area contributed by atoms with Crippen LogP contribution in [-0.4, -0.2) is 51.9 Å². The molecule has 33 heavy (non-hydrogen) atoms. The number of anilines is 2. The van der Waals surface area contributed by atoms with E-state index in [1.54, 1.807) is 0 Å². The number of pyridine rings is 1. The molecule has 0 unspecified atom stereocenters. The molecule has 2 aliphatic rings. The second kappa shape index (κ2) is 9.23. The summed E-state index contributed by atoms with van der Waals surface area (Å²) < 4.78 is 13.5. The molecule has 3 aromatic rings. The van der Waals surface area contributed by atoms with E-state index in [2.05, 4.69) is 16.5 Å². The SMILES string of the molecule is Cc1cc(Nc2cccc([C@H]3CN(C(=O)Cc4ccc5c(c4)CCCO5)CCO3)n2)nn1C. The molecular weight excluding hydrogens is 418 g/mol. The van der Waals surface area contributed by atoms with E-state index in [-0.39, 0.29) is 12.0 Å². The van der Waals surface area contributed by atoms with Gasteiger partial charge in [0.15, 0.2) is 5.82 Å². The first-order chi connectivity index (χ1) is 16.0. The standard InChI is InChI=1S/C25H29N5O3/c1-17-13-24(28-29(17)2)27-23-7-3-6-20(26-23)22-16-30(10-12-33-22)25(31)15-18-8-9-21-19(14-18)5-4-11-32-21/h3,6-9,13-14,22H,4-5,10-12,15-16H2,1-2H3,(H,26,27,28)/t22-/m1/s1. The van der Waals surface area contributed by atoms with E-state index in [1.807, 2.05) is 60.0 Å². The minimum Gasteiger partial charge on any atom is -0.493 e. The van der Waals surface area contributed by atoms with Crippen LogP contribution >= 0.6 is 0 Å². The van der Waals surface area contributed by atoms with Gasteiger partial charge in [-0.15, -0.1) is 0 Å². The van der Waals surface area contributed by atoms with Gasteiger partial charge >= 0.3 is 0 Å². The Morgan fingerprint density at radius 1 is 1.18 bits per heavy atom. The molecule has 5 rings (SSSR count). The Labute approximate surface area is 193 Å². The first kappa shape index (κ1) is 21.5. The predicted octanol–water partition coefficient (Wildman–Crippen LogP) is 3.33. The van der Waals surface area contributed by atoms with Gasteiger partial charge in [-0.1, -0.05) is 18.2 Å². The minimum absolute atomic E-state index is 0.109. The highest BCUT2D eigenvalue weighted by Gasteiger charge is 2.27. The predicted molar refractivity (Wildman–Crippen MR) is 125 cm³/mol. The van der Waals surface area contributed by atoms with Crippen molar-refractivity contribution in [1.82, 2.24) is 19.7 Å². The number of aryl methyl sites for hydroxylation is 3. The average molecular weight is 448 g/mol. The van der Waals surface area contributed by atoms with Gasteiger partial charge in [0.05, 0.1) is 31.9 Å². The summed E-state index contributed by atoms with van der Waals surface area (Å²) in [5.41, 5.74) is 4.09. The molecule has 8 nitrogen and oxygen atoms in total. The van der Waals surface area contributed by atoms with E-state index in [4.69, 9.17) is 14.5 Å². The lowest BCUT2D eigenvalue weighted by atomic mass is 10.0. The van der Waals surface area contributed by atoms with E-state index in [9.17, 15) is 4.79 Å². The zero-order valence-electron chi connectivity index (χ0n) is 19.1. The van der Waals surface area contributed by atoms with E-state index in [0.717, 1.165) is 48.0 Å². The number of benzene rings is 1. The molecule has 0 aliphatic carbocycles. The fourth-order valence-electron chi connectivity index (χ4n) is 4.32. The molecule has 2 aromatic heterocycles. The number of amides is 1. The Morgan fingerprint density at radius 2 is 2.09 bits per heavy atom. The summed E-state index contributed by atoms with van der Waals surface area (Å²) in [6.07, 6.45) is 2.15. The van der Waals surface area contributed by atoms with Crippen molar-refractivity contribution in [2.24, 2.45) is 7.05 Å².